The largest absolute Gasteiger partial charge is 0.468 e. The molecule has 1 aromatic heterocycles. The van der Waals surface area contributed by atoms with Gasteiger partial charge in [0.15, 0.2) is 5.78 Å². The molecule has 0 fully saturated rings. The molecule has 0 radical (unpaired) electrons. The van der Waals surface area contributed by atoms with Crippen LogP contribution in [0.4, 0.5) is 0 Å². The minimum absolute atomic E-state index is 0.314. The second-order valence-corrected chi connectivity index (χ2v) is 9.01. The smallest absolute Gasteiger partial charge is 0.336 e. The number of carbonyl (C=O) groups excluding carboxylic acids is 3. The van der Waals surface area contributed by atoms with Crippen molar-refractivity contribution in [1.82, 2.24) is 5.32 Å². The Morgan fingerprint density at radius 1 is 1.06 bits per heavy atom. The molecule has 0 unspecified atom stereocenters. The molecule has 0 saturated carbocycles. The first-order chi connectivity index (χ1) is 15.4. The van der Waals surface area contributed by atoms with Crippen LogP contribution >= 0.6 is 11.3 Å². The lowest BCUT2D eigenvalue weighted by molar-refractivity contribution is -0.149. The third-order valence-corrected chi connectivity index (χ3v) is 7.29. The molecular formula is C25H25NO5S. The number of Topliss-reactive ketones (excluding diaryl/α,β-unsaturated/α-hetero) is 1. The zero-order chi connectivity index (χ0) is 23.0. The molecule has 2 heterocycles. The van der Waals surface area contributed by atoms with Crippen molar-refractivity contribution in [3.8, 4) is 0 Å². The predicted octanol–water partition coefficient (Wildman–Crippen LogP) is 3.99. The fraction of sp³-hybridized carbons (Fsp3) is 0.320. The van der Waals surface area contributed by atoms with Crippen molar-refractivity contribution in [2.45, 2.75) is 32.1 Å². The average molecular weight is 452 g/mol. The molecule has 3 atom stereocenters. The molecule has 1 aliphatic heterocycles. The van der Waals surface area contributed by atoms with Gasteiger partial charge in [0.05, 0.1) is 19.8 Å². The van der Waals surface area contributed by atoms with Crippen LogP contribution in [0.1, 0.15) is 41.2 Å². The summed E-state index contributed by atoms with van der Waals surface area (Å²) in [4.78, 5) is 40.6. The summed E-state index contributed by atoms with van der Waals surface area (Å²) in [6.45, 7) is 3.76. The van der Waals surface area contributed by atoms with Gasteiger partial charge in [-0.1, -0.05) is 30.3 Å². The molecular weight excluding hydrogens is 426 g/mol. The summed E-state index contributed by atoms with van der Waals surface area (Å²) in [6, 6.07) is 11.5. The van der Waals surface area contributed by atoms with Gasteiger partial charge in [-0.05, 0) is 42.8 Å². The van der Waals surface area contributed by atoms with Crippen LogP contribution in [0.2, 0.25) is 0 Å². The number of hydrogen-bond acceptors (Lipinski definition) is 7. The topological polar surface area (TPSA) is 81.7 Å². The molecule has 1 N–H and O–H groups in total. The number of nitrogens with one attached hydrogen (secondary N) is 1. The number of carbonyl (C=O) groups is 3. The SMILES string of the molecule is COC(=O)C1=C(C)NC2=C(C(=O)[C@H](C(=O)OC)[C@@H](c3cccs3)C2)[C@H]1c1ccccc1C. The number of hydrogen-bond donors (Lipinski definition) is 1. The Balaban J connectivity index is 1.93. The Morgan fingerprint density at radius 3 is 2.44 bits per heavy atom. The Kier molecular flexibility index (Phi) is 6.02. The van der Waals surface area contributed by atoms with E-state index in [2.05, 4.69) is 5.32 Å². The van der Waals surface area contributed by atoms with Gasteiger partial charge in [-0.2, -0.15) is 0 Å². The van der Waals surface area contributed by atoms with E-state index in [0.29, 0.717) is 23.3 Å². The number of ketones is 1. The molecule has 1 aromatic carbocycles. The van der Waals surface area contributed by atoms with Gasteiger partial charge in [0.1, 0.15) is 5.92 Å². The highest BCUT2D eigenvalue weighted by Gasteiger charge is 2.49. The van der Waals surface area contributed by atoms with E-state index in [9.17, 15) is 14.4 Å². The number of esters is 2. The standard InChI is InChI=1S/C25H25NO5S/c1-13-8-5-6-9-15(13)20-19(24(28)30-3)14(2)26-17-12-16(18-10-7-11-32-18)21(25(29)31-4)23(27)22(17)20/h5-11,16,20-21,26H,12H2,1-4H3/t16-,20+,21-/m1/s1. The Labute approximate surface area is 190 Å². The summed E-state index contributed by atoms with van der Waals surface area (Å²) in [5, 5.41) is 5.23. The van der Waals surface area contributed by atoms with Gasteiger partial charge in [0.2, 0.25) is 0 Å². The fourth-order valence-corrected chi connectivity index (χ4v) is 5.67. The summed E-state index contributed by atoms with van der Waals surface area (Å²) in [5.74, 6) is -3.30. The van der Waals surface area contributed by atoms with Crippen molar-refractivity contribution < 1.29 is 23.9 Å². The predicted molar refractivity (Wildman–Crippen MR) is 121 cm³/mol. The lowest BCUT2D eigenvalue weighted by atomic mass is 9.68. The second-order valence-electron chi connectivity index (χ2n) is 8.03. The number of aryl methyl sites for hydroxylation is 1. The Hall–Kier alpha value is -3.19. The molecule has 0 saturated heterocycles. The fourth-order valence-electron chi connectivity index (χ4n) is 4.80. The van der Waals surface area contributed by atoms with Crippen molar-refractivity contribution in [1.29, 1.82) is 0 Å². The number of dihydropyridines is 1. The molecule has 32 heavy (non-hydrogen) atoms. The first kappa shape index (κ1) is 22.0. The van der Waals surface area contributed by atoms with E-state index in [0.717, 1.165) is 21.7 Å². The lowest BCUT2D eigenvalue weighted by Crippen LogP contribution is -2.43. The third-order valence-electron chi connectivity index (χ3n) is 6.29. The van der Waals surface area contributed by atoms with Crippen molar-refractivity contribution >= 4 is 29.1 Å². The molecule has 166 valence electrons. The van der Waals surface area contributed by atoms with Crippen LogP contribution in [0.15, 0.2) is 64.3 Å². The van der Waals surface area contributed by atoms with Crippen molar-refractivity contribution in [3.05, 3.63) is 80.3 Å². The quantitative estimate of drug-likeness (QED) is 0.559. The van der Waals surface area contributed by atoms with Gasteiger partial charge >= 0.3 is 11.9 Å². The average Bonchev–Trinajstić information content (AvgIpc) is 3.32. The monoisotopic (exact) mass is 451 g/mol. The maximum Gasteiger partial charge on any atom is 0.336 e. The molecule has 0 bridgehead atoms. The lowest BCUT2D eigenvalue weighted by Gasteiger charge is -2.39. The van der Waals surface area contributed by atoms with Crippen LogP contribution in [0, 0.1) is 12.8 Å². The van der Waals surface area contributed by atoms with E-state index >= 15 is 0 Å². The van der Waals surface area contributed by atoms with E-state index in [1.165, 1.54) is 25.6 Å². The van der Waals surface area contributed by atoms with Crippen LogP contribution in [0.5, 0.6) is 0 Å². The van der Waals surface area contributed by atoms with E-state index in [1.54, 1.807) is 0 Å². The number of rotatable bonds is 4. The van der Waals surface area contributed by atoms with E-state index in [1.807, 2.05) is 55.6 Å². The molecule has 6 nitrogen and oxygen atoms in total. The van der Waals surface area contributed by atoms with Crippen LogP contribution in [-0.4, -0.2) is 31.9 Å². The molecule has 1 aliphatic carbocycles. The second kappa shape index (κ2) is 8.74. The minimum atomic E-state index is -0.969. The molecule has 0 spiro atoms. The zero-order valence-electron chi connectivity index (χ0n) is 18.4. The summed E-state index contributed by atoms with van der Waals surface area (Å²) >= 11 is 1.52. The molecule has 0 amide bonds. The van der Waals surface area contributed by atoms with E-state index in [4.69, 9.17) is 9.47 Å². The third kappa shape index (κ3) is 3.56. The molecule has 2 aromatic rings. The first-order valence-corrected chi connectivity index (χ1v) is 11.3. The summed E-state index contributed by atoms with van der Waals surface area (Å²) in [6.07, 6.45) is 0.468. The zero-order valence-corrected chi connectivity index (χ0v) is 19.2. The number of allylic oxidation sites excluding steroid dienone is 3. The number of thiophene rings is 1. The van der Waals surface area contributed by atoms with Gasteiger partial charge in [-0.3, -0.25) is 9.59 Å². The highest BCUT2D eigenvalue weighted by atomic mass is 32.1. The molecule has 7 heteroatoms. The van der Waals surface area contributed by atoms with Crippen molar-refractivity contribution in [2.24, 2.45) is 5.92 Å². The van der Waals surface area contributed by atoms with Crippen molar-refractivity contribution in [2.75, 3.05) is 14.2 Å². The number of methoxy groups -OCH3 is 2. The molecule has 4 rings (SSSR count). The van der Waals surface area contributed by atoms with Gasteiger partial charge in [0.25, 0.3) is 0 Å². The highest BCUT2D eigenvalue weighted by Crippen LogP contribution is 2.49. The summed E-state index contributed by atoms with van der Waals surface area (Å²) in [5.41, 5.74) is 4.00. The van der Waals surface area contributed by atoms with E-state index in [-0.39, 0.29) is 11.7 Å². The highest BCUT2D eigenvalue weighted by molar-refractivity contribution is 7.10. The maximum atomic E-state index is 14.0. The van der Waals surface area contributed by atoms with E-state index < -0.39 is 23.8 Å². The van der Waals surface area contributed by atoms with Gasteiger partial charge in [-0.15, -0.1) is 11.3 Å². The Bertz CT molecular complexity index is 1140. The van der Waals surface area contributed by atoms with Crippen molar-refractivity contribution in [3.63, 3.8) is 0 Å². The maximum absolute atomic E-state index is 14.0. The van der Waals surface area contributed by atoms with Crippen LogP contribution in [-0.2, 0) is 23.9 Å². The number of benzene rings is 1. The summed E-state index contributed by atoms with van der Waals surface area (Å²) < 4.78 is 10.1. The summed E-state index contributed by atoms with van der Waals surface area (Å²) in [7, 11) is 2.63. The van der Waals surface area contributed by atoms with Crippen LogP contribution in [0.3, 0.4) is 0 Å². The van der Waals surface area contributed by atoms with Gasteiger partial charge in [0, 0.05) is 33.7 Å². The normalized spacial score (nSPS) is 22.9. The van der Waals surface area contributed by atoms with Crippen LogP contribution < -0.4 is 5.32 Å². The first-order valence-electron chi connectivity index (χ1n) is 10.4. The molecule has 2 aliphatic rings. The van der Waals surface area contributed by atoms with Crippen LogP contribution in [0.25, 0.3) is 0 Å². The minimum Gasteiger partial charge on any atom is -0.468 e. The van der Waals surface area contributed by atoms with Gasteiger partial charge < -0.3 is 14.8 Å². The number of ether oxygens (including phenoxy) is 2. The Morgan fingerprint density at radius 2 is 1.81 bits per heavy atom. The van der Waals surface area contributed by atoms with Gasteiger partial charge in [-0.25, -0.2) is 4.79 Å².